The number of amides is 3. The molecule has 1 aliphatic rings. The number of rotatable bonds is 9. The van der Waals surface area contributed by atoms with Crippen molar-refractivity contribution in [3.63, 3.8) is 0 Å². The lowest BCUT2D eigenvalue weighted by atomic mass is 9.81. The Hall–Kier alpha value is -1.84. The maximum absolute atomic E-state index is 13.3. The quantitative estimate of drug-likeness (QED) is 0.476. The summed E-state index contributed by atoms with van der Waals surface area (Å²) in [5, 5.41) is 6.60. The number of hydrogen-bond donors (Lipinski definition) is 4. The normalized spacial score (nSPS) is 17.1. The van der Waals surface area contributed by atoms with Gasteiger partial charge in [-0.2, -0.15) is 0 Å². The summed E-state index contributed by atoms with van der Waals surface area (Å²) in [6.45, 7) is 3.90. The molecule has 0 bridgehead atoms. The Morgan fingerprint density at radius 2 is 2.00 bits per heavy atom. The number of nitrogens with two attached hydrogens (primary N) is 2. The van der Waals surface area contributed by atoms with Crippen LogP contribution < -0.4 is 22.1 Å². The van der Waals surface area contributed by atoms with E-state index in [0.717, 1.165) is 31.2 Å². The van der Waals surface area contributed by atoms with Crippen molar-refractivity contribution < 1.29 is 9.59 Å². The van der Waals surface area contributed by atoms with Crippen LogP contribution in [-0.2, 0) is 17.6 Å². The van der Waals surface area contributed by atoms with Gasteiger partial charge in [0.2, 0.25) is 5.91 Å². The van der Waals surface area contributed by atoms with Crippen molar-refractivity contribution in [1.82, 2.24) is 20.4 Å². The monoisotopic (exact) mass is 424 g/mol. The van der Waals surface area contributed by atoms with Crippen molar-refractivity contribution in [2.75, 3.05) is 58.8 Å². The smallest absolute Gasteiger partial charge is 0.324 e. The number of anilines is 2. The Morgan fingerprint density at radius 3 is 2.62 bits per heavy atom. The Labute approximate surface area is 178 Å². The zero-order chi connectivity index (χ0) is 21.6. The molecule has 1 heterocycles. The van der Waals surface area contributed by atoms with E-state index >= 15 is 0 Å². The summed E-state index contributed by atoms with van der Waals surface area (Å²) in [6, 6.07) is -0.318. The first kappa shape index (κ1) is 23.4. The van der Waals surface area contributed by atoms with E-state index in [2.05, 4.69) is 10.6 Å². The lowest BCUT2D eigenvalue weighted by Crippen LogP contribution is -2.50. The lowest BCUT2D eigenvalue weighted by Gasteiger charge is -2.30. The van der Waals surface area contributed by atoms with Crippen molar-refractivity contribution >= 4 is 34.0 Å². The maximum Gasteiger partial charge on any atom is 0.324 e. The largest absolute Gasteiger partial charge is 0.396 e. The van der Waals surface area contributed by atoms with Gasteiger partial charge in [0.1, 0.15) is 5.00 Å². The summed E-state index contributed by atoms with van der Waals surface area (Å²) in [5.41, 5.74) is 14.0. The molecule has 8 nitrogen and oxygen atoms in total. The van der Waals surface area contributed by atoms with E-state index in [0.29, 0.717) is 42.8 Å². The van der Waals surface area contributed by atoms with Gasteiger partial charge in [-0.1, -0.05) is 0 Å². The van der Waals surface area contributed by atoms with Gasteiger partial charge in [0.05, 0.1) is 11.6 Å². The third kappa shape index (κ3) is 6.07. The van der Waals surface area contributed by atoms with Crippen LogP contribution in [0.3, 0.4) is 0 Å². The van der Waals surface area contributed by atoms with Crippen molar-refractivity contribution in [1.29, 1.82) is 0 Å². The third-order valence-corrected chi connectivity index (χ3v) is 6.60. The Bertz CT molecular complexity index is 705. The summed E-state index contributed by atoms with van der Waals surface area (Å²) in [4.78, 5) is 30.5. The molecule has 1 aliphatic carbocycles. The zero-order valence-electron chi connectivity index (χ0n) is 18.1. The van der Waals surface area contributed by atoms with Crippen molar-refractivity contribution in [3.05, 3.63) is 10.4 Å². The SMILES string of the molecule is CCNC(=O)N(CCN(C)C)C(=O)C(CNC)C[C@H]1CCc2sc(N)c(N)c2C1. The van der Waals surface area contributed by atoms with Gasteiger partial charge in [0.25, 0.3) is 0 Å². The minimum absolute atomic E-state index is 0.115. The number of carbonyl (C=O) groups is 2. The Morgan fingerprint density at radius 1 is 1.28 bits per heavy atom. The molecule has 164 valence electrons. The van der Waals surface area contributed by atoms with Gasteiger partial charge in [-0.15, -0.1) is 11.3 Å². The summed E-state index contributed by atoms with van der Waals surface area (Å²) in [5.74, 6) is -0.0182. The number of thiophene rings is 1. The molecule has 2 atom stereocenters. The zero-order valence-corrected chi connectivity index (χ0v) is 18.9. The fraction of sp³-hybridized carbons (Fsp3) is 0.700. The van der Waals surface area contributed by atoms with Crippen LogP contribution in [-0.4, -0.2) is 69.1 Å². The van der Waals surface area contributed by atoms with Crippen molar-refractivity contribution in [2.24, 2.45) is 11.8 Å². The van der Waals surface area contributed by atoms with E-state index in [9.17, 15) is 9.59 Å². The number of nitrogens with zero attached hydrogens (tertiary/aromatic N) is 2. The van der Waals surface area contributed by atoms with Gasteiger partial charge >= 0.3 is 6.03 Å². The number of urea groups is 1. The molecule has 6 N–H and O–H groups in total. The second kappa shape index (κ2) is 10.8. The number of fused-ring (bicyclic) bond motifs is 1. The molecular weight excluding hydrogens is 388 g/mol. The number of hydrogen-bond acceptors (Lipinski definition) is 7. The first-order valence-electron chi connectivity index (χ1n) is 10.3. The molecule has 0 radical (unpaired) electrons. The Kier molecular flexibility index (Phi) is 8.73. The van der Waals surface area contributed by atoms with E-state index < -0.39 is 0 Å². The average Bonchev–Trinajstić information content (AvgIpc) is 2.95. The minimum atomic E-state index is -0.318. The van der Waals surface area contributed by atoms with Crippen LogP contribution in [0.1, 0.15) is 30.2 Å². The molecule has 0 saturated carbocycles. The van der Waals surface area contributed by atoms with E-state index in [1.807, 2.05) is 33.0 Å². The molecule has 9 heteroatoms. The predicted molar refractivity (Wildman–Crippen MR) is 120 cm³/mol. The van der Waals surface area contributed by atoms with E-state index in [-0.39, 0.29) is 17.9 Å². The number of likely N-dealkylation sites (N-methyl/N-ethyl adjacent to an activating group) is 1. The standard InChI is InChI=1S/C20H36N6O2S/c1-5-24-20(28)26(9-8-25(3)4)19(27)14(12-23-2)10-13-6-7-16-15(11-13)17(21)18(22)29-16/h13-14,23H,5-12,21-22H2,1-4H3,(H,24,28)/t13-,14?/m1/s1. The molecular formula is C20H36N6O2S. The summed E-state index contributed by atoms with van der Waals surface area (Å²) >= 11 is 1.59. The maximum atomic E-state index is 13.3. The number of nitrogen functional groups attached to an aromatic ring is 2. The first-order chi connectivity index (χ1) is 13.8. The van der Waals surface area contributed by atoms with Gasteiger partial charge < -0.3 is 27.0 Å². The van der Waals surface area contributed by atoms with Gasteiger partial charge in [-0.25, -0.2) is 4.79 Å². The van der Waals surface area contributed by atoms with Crippen LogP contribution in [0.2, 0.25) is 0 Å². The summed E-state index contributed by atoms with van der Waals surface area (Å²) in [7, 11) is 5.71. The van der Waals surface area contributed by atoms with Crippen LogP contribution in [0.4, 0.5) is 15.5 Å². The average molecular weight is 425 g/mol. The van der Waals surface area contributed by atoms with E-state index in [1.165, 1.54) is 9.78 Å². The van der Waals surface area contributed by atoms with Crippen LogP contribution in [0.15, 0.2) is 0 Å². The first-order valence-corrected chi connectivity index (χ1v) is 11.1. The van der Waals surface area contributed by atoms with Crippen molar-refractivity contribution in [3.8, 4) is 0 Å². The highest BCUT2D eigenvalue weighted by Crippen LogP contribution is 2.41. The Balaban J connectivity index is 2.12. The van der Waals surface area contributed by atoms with Crippen molar-refractivity contribution in [2.45, 2.75) is 32.6 Å². The molecule has 1 unspecified atom stereocenters. The molecule has 1 aromatic rings. The number of aryl methyl sites for hydroxylation is 1. The van der Waals surface area contributed by atoms with Gasteiger partial charge in [0.15, 0.2) is 0 Å². The fourth-order valence-corrected chi connectivity index (χ4v) is 4.94. The highest BCUT2D eigenvalue weighted by Gasteiger charge is 2.32. The molecule has 0 fully saturated rings. The van der Waals surface area contributed by atoms with Gasteiger partial charge in [-0.05, 0) is 65.2 Å². The molecule has 0 saturated heterocycles. The second-order valence-corrected chi connectivity index (χ2v) is 9.15. The second-order valence-electron chi connectivity index (χ2n) is 8.01. The molecule has 29 heavy (non-hydrogen) atoms. The number of carbonyl (C=O) groups excluding carboxylic acids is 2. The summed E-state index contributed by atoms with van der Waals surface area (Å²) in [6.07, 6.45) is 3.54. The minimum Gasteiger partial charge on any atom is -0.396 e. The van der Waals surface area contributed by atoms with E-state index in [4.69, 9.17) is 11.5 Å². The topological polar surface area (TPSA) is 117 Å². The summed E-state index contributed by atoms with van der Waals surface area (Å²) < 4.78 is 0. The number of imide groups is 1. The molecule has 0 spiro atoms. The predicted octanol–water partition coefficient (Wildman–Crippen LogP) is 1.36. The van der Waals surface area contributed by atoms with E-state index in [1.54, 1.807) is 11.3 Å². The van der Waals surface area contributed by atoms with Crippen LogP contribution >= 0.6 is 11.3 Å². The number of nitrogens with one attached hydrogen (secondary N) is 2. The van der Waals surface area contributed by atoms with Crippen LogP contribution in [0.25, 0.3) is 0 Å². The molecule has 0 aromatic carbocycles. The van der Waals surface area contributed by atoms with Gasteiger partial charge in [-0.3, -0.25) is 9.69 Å². The molecule has 0 aliphatic heterocycles. The fourth-order valence-electron chi connectivity index (χ4n) is 3.90. The van der Waals surface area contributed by atoms with Crippen LogP contribution in [0.5, 0.6) is 0 Å². The molecule has 1 aromatic heterocycles. The molecule has 3 amide bonds. The van der Waals surface area contributed by atoms with Crippen LogP contribution in [0, 0.1) is 11.8 Å². The third-order valence-electron chi connectivity index (χ3n) is 5.46. The van der Waals surface area contributed by atoms with Gasteiger partial charge in [0, 0.05) is 31.1 Å². The highest BCUT2D eigenvalue weighted by molar-refractivity contribution is 7.16. The lowest BCUT2D eigenvalue weighted by molar-refractivity contribution is -0.133. The highest BCUT2D eigenvalue weighted by atomic mass is 32.1. The molecule has 2 rings (SSSR count).